The molecular formula is C26H29N5O6S. The maximum atomic E-state index is 13.9. The van der Waals surface area contributed by atoms with Crippen molar-refractivity contribution < 1.29 is 23.0 Å². The lowest BCUT2D eigenvalue weighted by molar-refractivity contribution is 0.386. The fourth-order valence-corrected chi connectivity index (χ4v) is 5.66. The van der Waals surface area contributed by atoms with Crippen molar-refractivity contribution in [3.63, 3.8) is 0 Å². The Labute approximate surface area is 220 Å². The predicted molar refractivity (Wildman–Crippen MR) is 140 cm³/mol. The number of benzene rings is 2. The highest BCUT2D eigenvalue weighted by Gasteiger charge is 2.31. The number of hydrogen-bond acceptors (Lipinski definition) is 9. The number of aromatic nitrogens is 5. The topological polar surface area (TPSA) is 138 Å². The summed E-state index contributed by atoms with van der Waals surface area (Å²) >= 11 is 0. The number of nitrogens with zero attached hydrogens (tertiary/aromatic N) is 5. The molecule has 4 aromatic rings. The third-order valence-corrected chi connectivity index (χ3v) is 7.96. The molecule has 11 nitrogen and oxygen atoms in total. The average Bonchev–Trinajstić information content (AvgIpc) is 3.24. The van der Waals surface area contributed by atoms with Gasteiger partial charge in [-0.25, -0.2) is 13.1 Å². The highest BCUT2D eigenvalue weighted by atomic mass is 32.2. The molecule has 0 aliphatic rings. The molecule has 0 fully saturated rings. The molecule has 12 heteroatoms. The van der Waals surface area contributed by atoms with E-state index in [1.54, 1.807) is 49.0 Å². The van der Waals surface area contributed by atoms with E-state index in [1.165, 1.54) is 26.4 Å². The molecule has 0 unspecified atom stereocenters. The highest BCUT2D eigenvalue weighted by molar-refractivity contribution is 7.91. The Bertz CT molecular complexity index is 1600. The van der Waals surface area contributed by atoms with Crippen molar-refractivity contribution in [2.75, 3.05) is 14.2 Å². The SMILES string of the molecule is CCCCc1nc(O)c(S(=O)(=O)c2ccc(-c3c(C)nnn3C)cc2)c(=O)n1-c1c(OC)cccc1OC. The first-order chi connectivity index (χ1) is 18.1. The van der Waals surface area contributed by atoms with E-state index in [0.717, 1.165) is 16.7 Å². The molecule has 0 aliphatic heterocycles. The first-order valence-corrected chi connectivity index (χ1v) is 13.4. The molecule has 2 aromatic heterocycles. The number of hydrogen-bond donors (Lipinski definition) is 1. The monoisotopic (exact) mass is 539 g/mol. The second-order valence-corrected chi connectivity index (χ2v) is 10.5. The standard InChI is InChI=1S/C26H29N5O6S/c1-6-7-11-21-27-25(32)24(26(33)31(21)23-19(36-4)9-8-10-20(23)37-5)38(34,35)18-14-12-17(13-15-18)22-16(2)28-29-30(22)3/h8-10,12-15,32H,6-7,11H2,1-5H3. The van der Waals surface area contributed by atoms with Gasteiger partial charge in [0, 0.05) is 19.0 Å². The molecule has 0 saturated carbocycles. The molecule has 38 heavy (non-hydrogen) atoms. The maximum absolute atomic E-state index is 13.9. The van der Waals surface area contributed by atoms with Gasteiger partial charge in [-0.15, -0.1) is 5.10 Å². The van der Waals surface area contributed by atoms with Crippen LogP contribution in [0.15, 0.2) is 57.1 Å². The van der Waals surface area contributed by atoms with Crippen LogP contribution in [0.1, 0.15) is 31.3 Å². The van der Waals surface area contributed by atoms with Gasteiger partial charge in [0.2, 0.25) is 15.7 Å². The van der Waals surface area contributed by atoms with Gasteiger partial charge in [-0.3, -0.25) is 9.36 Å². The predicted octanol–water partition coefficient (Wildman–Crippen LogP) is 3.23. The zero-order valence-electron chi connectivity index (χ0n) is 21.8. The number of methoxy groups -OCH3 is 2. The summed E-state index contributed by atoms with van der Waals surface area (Å²) in [5, 5.41) is 18.8. The Morgan fingerprint density at radius 2 is 1.66 bits per heavy atom. The Balaban J connectivity index is 1.94. The van der Waals surface area contributed by atoms with Crippen LogP contribution in [0.2, 0.25) is 0 Å². The zero-order chi connectivity index (χ0) is 27.6. The molecular weight excluding hydrogens is 510 g/mol. The van der Waals surface area contributed by atoms with Crippen molar-refractivity contribution in [3.8, 4) is 34.3 Å². The summed E-state index contributed by atoms with van der Waals surface area (Å²) in [6, 6.07) is 10.9. The van der Waals surface area contributed by atoms with Crippen molar-refractivity contribution in [1.29, 1.82) is 0 Å². The highest BCUT2D eigenvalue weighted by Crippen LogP contribution is 2.34. The van der Waals surface area contributed by atoms with Crippen molar-refractivity contribution in [2.45, 2.75) is 42.9 Å². The van der Waals surface area contributed by atoms with Crippen LogP contribution in [0.4, 0.5) is 0 Å². The van der Waals surface area contributed by atoms with E-state index in [2.05, 4.69) is 15.3 Å². The summed E-state index contributed by atoms with van der Waals surface area (Å²) in [6.07, 6.45) is 1.75. The summed E-state index contributed by atoms with van der Waals surface area (Å²) in [6.45, 7) is 3.77. The van der Waals surface area contributed by atoms with Crippen LogP contribution < -0.4 is 15.0 Å². The number of para-hydroxylation sites is 1. The molecule has 1 N–H and O–H groups in total. The Kier molecular flexibility index (Phi) is 7.53. The number of aryl methyl sites for hydroxylation is 3. The number of ether oxygens (including phenoxy) is 2. The van der Waals surface area contributed by atoms with Gasteiger partial charge < -0.3 is 14.6 Å². The lowest BCUT2D eigenvalue weighted by Gasteiger charge is -2.19. The molecule has 2 aromatic carbocycles. The molecule has 0 spiro atoms. The number of rotatable bonds is 9. The van der Waals surface area contributed by atoms with Gasteiger partial charge in [0.1, 0.15) is 23.0 Å². The van der Waals surface area contributed by atoms with Gasteiger partial charge in [0.05, 0.1) is 30.5 Å². The molecule has 4 rings (SSSR count). The van der Waals surface area contributed by atoms with Crippen LogP contribution in [0.5, 0.6) is 17.4 Å². The molecule has 0 atom stereocenters. The third kappa shape index (κ3) is 4.62. The van der Waals surface area contributed by atoms with Crippen LogP contribution in [-0.2, 0) is 23.3 Å². The lowest BCUT2D eigenvalue weighted by Crippen LogP contribution is -2.29. The van der Waals surface area contributed by atoms with Crippen LogP contribution >= 0.6 is 0 Å². The van der Waals surface area contributed by atoms with Gasteiger partial charge in [-0.1, -0.05) is 36.8 Å². The van der Waals surface area contributed by atoms with Gasteiger partial charge in [-0.05, 0) is 37.6 Å². The van der Waals surface area contributed by atoms with Gasteiger partial charge in [0.15, 0.2) is 4.90 Å². The first-order valence-electron chi connectivity index (χ1n) is 11.9. The van der Waals surface area contributed by atoms with E-state index in [1.807, 2.05) is 6.92 Å². The van der Waals surface area contributed by atoms with E-state index >= 15 is 0 Å². The molecule has 0 aliphatic carbocycles. The Hall–Kier alpha value is -4.19. The summed E-state index contributed by atoms with van der Waals surface area (Å²) in [5.74, 6) is -0.110. The Morgan fingerprint density at radius 3 is 2.18 bits per heavy atom. The fourth-order valence-electron chi connectivity index (χ4n) is 4.32. The minimum Gasteiger partial charge on any atom is -0.494 e. The maximum Gasteiger partial charge on any atom is 0.281 e. The van der Waals surface area contributed by atoms with Crippen LogP contribution in [0.3, 0.4) is 0 Å². The smallest absolute Gasteiger partial charge is 0.281 e. The normalized spacial score (nSPS) is 11.5. The molecule has 200 valence electrons. The second kappa shape index (κ2) is 10.7. The van der Waals surface area contributed by atoms with Gasteiger partial charge >= 0.3 is 0 Å². The second-order valence-electron chi connectivity index (χ2n) is 8.61. The summed E-state index contributed by atoms with van der Waals surface area (Å²) in [7, 11) is 0.120. The van der Waals surface area contributed by atoms with Crippen molar-refractivity contribution in [1.82, 2.24) is 24.5 Å². The van der Waals surface area contributed by atoms with E-state index in [-0.39, 0.29) is 27.9 Å². The van der Waals surface area contributed by atoms with E-state index in [0.29, 0.717) is 24.1 Å². The third-order valence-electron chi connectivity index (χ3n) is 6.17. The van der Waals surface area contributed by atoms with Crippen LogP contribution in [0, 0.1) is 6.92 Å². The number of sulfone groups is 1. The lowest BCUT2D eigenvalue weighted by atomic mass is 10.1. The van der Waals surface area contributed by atoms with Gasteiger partial charge in [0.25, 0.3) is 5.56 Å². The summed E-state index contributed by atoms with van der Waals surface area (Å²) in [4.78, 5) is 17.1. The summed E-state index contributed by atoms with van der Waals surface area (Å²) in [5.41, 5.74) is 1.35. The van der Waals surface area contributed by atoms with Crippen LogP contribution in [-0.4, -0.2) is 52.3 Å². The molecule has 0 amide bonds. The zero-order valence-corrected chi connectivity index (χ0v) is 22.6. The molecule has 0 saturated heterocycles. The average molecular weight is 540 g/mol. The van der Waals surface area contributed by atoms with Crippen molar-refractivity contribution in [2.24, 2.45) is 7.05 Å². The number of unbranched alkanes of at least 4 members (excludes halogenated alkanes) is 1. The minimum absolute atomic E-state index is 0.178. The van der Waals surface area contributed by atoms with Gasteiger partial charge in [-0.2, -0.15) is 4.98 Å². The first kappa shape index (κ1) is 26.9. The molecule has 0 bridgehead atoms. The van der Waals surface area contributed by atoms with E-state index in [9.17, 15) is 18.3 Å². The van der Waals surface area contributed by atoms with Crippen molar-refractivity contribution >= 4 is 9.84 Å². The largest absolute Gasteiger partial charge is 0.494 e. The van der Waals surface area contributed by atoms with Crippen molar-refractivity contribution in [3.05, 3.63) is 64.3 Å². The molecule has 2 heterocycles. The number of aromatic hydroxyl groups is 1. The quantitative estimate of drug-likeness (QED) is 0.340. The fraction of sp³-hybridized carbons (Fsp3) is 0.308. The van der Waals surface area contributed by atoms with E-state index < -0.39 is 26.2 Å². The van der Waals surface area contributed by atoms with Crippen LogP contribution in [0.25, 0.3) is 16.9 Å². The van der Waals surface area contributed by atoms with E-state index in [4.69, 9.17) is 9.47 Å². The summed E-state index contributed by atoms with van der Waals surface area (Å²) < 4.78 is 41.1. The molecule has 0 radical (unpaired) electrons. The minimum atomic E-state index is -4.48. The Morgan fingerprint density at radius 1 is 1.03 bits per heavy atom.